The van der Waals surface area contributed by atoms with Crippen LogP contribution in [0.25, 0.3) is 0 Å². The van der Waals surface area contributed by atoms with Gasteiger partial charge in [0.05, 0.1) is 0 Å². The molecule has 0 spiro atoms. The summed E-state index contributed by atoms with van der Waals surface area (Å²) in [6, 6.07) is 17.8. The van der Waals surface area contributed by atoms with Crippen LogP contribution in [0.15, 0.2) is 48.5 Å². The summed E-state index contributed by atoms with van der Waals surface area (Å²) in [6.45, 7) is 5.17. The van der Waals surface area contributed by atoms with Gasteiger partial charge in [-0.05, 0) is 62.8 Å². The van der Waals surface area contributed by atoms with E-state index in [-0.39, 0.29) is 0 Å². The topological polar surface area (TPSA) is 55.8 Å². The second-order valence-electron chi connectivity index (χ2n) is 8.38. The number of aliphatic carboxylic acids is 1. The van der Waals surface area contributed by atoms with E-state index in [1.165, 1.54) is 29.5 Å². The van der Waals surface area contributed by atoms with E-state index in [2.05, 4.69) is 65.6 Å². The van der Waals surface area contributed by atoms with Crippen molar-refractivity contribution in [1.29, 1.82) is 0 Å². The molecule has 0 unspecified atom stereocenters. The van der Waals surface area contributed by atoms with Crippen molar-refractivity contribution in [2.24, 2.45) is 0 Å². The van der Waals surface area contributed by atoms with Crippen molar-refractivity contribution in [2.45, 2.75) is 44.7 Å². The fourth-order valence-corrected chi connectivity index (χ4v) is 3.75. The smallest absolute Gasteiger partial charge is 0.475 e. The molecule has 2 aromatic rings. The summed E-state index contributed by atoms with van der Waals surface area (Å²) in [5, 5.41) is 11.7. The lowest BCUT2D eigenvalue weighted by molar-refractivity contribution is -0.192. The number of carbonyl (C=O) groups is 1. The van der Waals surface area contributed by atoms with Crippen LogP contribution in [0.2, 0.25) is 5.02 Å². The van der Waals surface area contributed by atoms with E-state index in [1.807, 2.05) is 12.1 Å². The molecule has 1 fully saturated rings. The van der Waals surface area contributed by atoms with E-state index < -0.39 is 12.1 Å². The molecule has 182 valence electrons. The molecule has 0 radical (unpaired) electrons. The minimum Gasteiger partial charge on any atom is -0.475 e. The Morgan fingerprint density at radius 2 is 1.64 bits per heavy atom. The van der Waals surface area contributed by atoms with E-state index in [1.54, 1.807) is 0 Å². The first-order valence-corrected chi connectivity index (χ1v) is 11.1. The number of hydrogen-bond acceptors (Lipinski definition) is 4. The standard InChI is InChI=1S/C22H30ClN3.C2HF3O2/c1-25(2)16-19-9-7-18(8-10-19)15-24-21-11-13-26(14-12-21)17-20-5-3-4-6-22(20)23;3-2(4,5)1(6)7/h3-10,21,24H,11-17H2,1-2H3;(H,6,7). The van der Waals surface area contributed by atoms with Gasteiger partial charge in [-0.3, -0.25) is 4.90 Å². The average Bonchev–Trinajstić information content (AvgIpc) is 2.75. The molecule has 0 saturated carbocycles. The Morgan fingerprint density at radius 3 is 2.15 bits per heavy atom. The van der Waals surface area contributed by atoms with E-state index in [4.69, 9.17) is 21.5 Å². The fourth-order valence-electron chi connectivity index (χ4n) is 3.55. The van der Waals surface area contributed by atoms with Crippen LogP contribution in [0.1, 0.15) is 29.5 Å². The summed E-state index contributed by atoms with van der Waals surface area (Å²) in [5.41, 5.74) is 3.97. The number of benzene rings is 2. The van der Waals surface area contributed by atoms with Gasteiger partial charge in [0.2, 0.25) is 0 Å². The minimum absolute atomic E-state index is 0.610. The van der Waals surface area contributed by atoms with Crippen molar-refractivity contribution in [3.05, 3.63) is 70.2 Å². The van der Waals surface area contributed by atoms with Crippen LogP contribution in [0.4, 0.5) is 13.2 Å². The van der Waals surface area contributed by atoms with Gasteiger partial charge in [-0.2, -0.15) is 13.2 Å². The monoisotopic (exact) mass is 485 g/mol. The lowest BCUT2D eigenvalue weighted by atomic mass is 10.0. The Hall–Kier alpha value is -2.13. The van der Waals surface area contributed by atoms with Crippen molar-refractivity contribution in [3.63, 3.8) is 0 Å². The highest BCUT2D eigenvalue weighted by Gasteiger charge is 2.38. The molecule has 0 amide bonds. The van der Waals surface area contributed by atoms with Crippen molar-refractivity contribution in [1.82, 2.24) is 15.1 Å². The molecular weight excluding hydrogens is 455 g/mol. The molecule has 1 heterocycles. The summed E-state index contributed by atoms with van der Waals surface area (Å²) in [6.07, 6.45) is -2.69. The summed E-state index contributed by atoms with van der Waals surface area (Å²) < 4.78 is 31.7. The number of carboxylic acids is 1. The average molecular weight is 486 g/mol. The number of rotatable bonds is 7. The lowest BCUT2D eigenvalue weighted by Gasteiger charge is -2.32. The van der Waals surface area contributed by atoms with Crippen LogP contribution in [0, 0.1) is 0 Å². The molecule has 3 rings (SSSR count). The summed E-state index contributed by atoms with van der Waals surface area (Å²) in [4.78, 5) is 13.6. The molecule has 9 heteroatoms. The number of halogens is 4. The Morgan fingerprint density at radius 1 is 1.09 bits per heavy atom. The number of carboxylic acid groups (broad SMARTS) is 1. The molecule has 0 bridgehead atoms. The third-order valence-electron chi connectivity index (χ3n) is 5.30. The normalized spacial score (nSPS) is 15.2. The molecule has 1 aliphatic heterocycles. The summed E-state index contributed by atoms with van der Waals surface area (Å²) in [7, 11) is 4.21. The van der Waals surface area contributed by atoms with Gasteiger partial charge in [0, 0.05) is 30.7 Å². The molecule has 0 aliphatic carbocycles. The highest BCUT2D eigenvalue weighted by atomic mass is 35.5. The van der Waals surface area contributed by atoms with Crippen molar-refractivity contribution < 1.29 is 23.1 Å². The molecule has 33 heavy (non-hydrogen) atoms. The Bertz CT molecular complexity index is 868. The van der Waals surface area contributed by atoms with Gasteiger partial charge in [0.15, 0.2) is 0 Å². The largest absolute Gasteiger partial charge is 0.490 e. The van der Waals surface area contributed by atoms with E-state index in [9.17, 15) is 13.2 Å². The quantitative estimate of drug-likeness (QED) is 0.590. The summed E-state index contributed by atoms with van der Waals surface area (Å²) >= 11 is 6.29. The highest BCUT2D eigenvalue weighted by molar-refractivity contribution is 6.31. The minimum atomic E-state index is -5.08. The van der Waals surface area contributed by atoms with Crippen molar-refractivity contribution >= 4 is 17.6 Å². The zero-order chi connectivity index (χ0) is 24.4. The van der Waals surface area contributed by atoms with Gasteiger partial charge in [0.25, 0.3) is 0 Å². The highest BCUT2D eigenvalue weighted by Crippen LogP contribution is 2.20. The van der Waals surface area contributed by atoms with E-state index >= 15 is 0 Å². The first-order chi connectivity index (χ1) is 15.5. The number of likely N-dealkylation sites (tertiary alicyclic amines) is 1. The maximum Gasteiger partial charge on any atom is 0.490 e. The number of piperidine rings is 1. The number of nitrogens with one attached hydrogen (secondary N) is 1. The number of nitrogens with zero attached hydrogens (tertiary/aromatic N) is 2. The Balaban J connectivity index is 0.000000479. The zero-order valence-electron chi connectivity index (χ0n) is 18.9. The van der Waals surface area contributed by atoms with Gasteiger partial charge in [-0.1, -0.05) is 54.1 Å². The third-order valence-corrected chi connectivity index (χ3v) is 5.67. The molecule has 1 aliphatic rings. The molecule has 5 nitrogen and oxygen atoms in total. The SMILES string of the molecule is CN(C)Cc1ccc(CNC2CCN(Cc3ccccc3Cl)CC2)cc1.O=C(O)C(F)(F)F. The van der Waals surface area contributed by atoms with E-state index in [0.717, 1.165) is 37.7 Å². The van der Waals surface area contributed by atoms with Crippen LogP contribution in [-0.4, -0.2) is 60.3 Å². The van der Waals surface area contributed by atoms with Gasteiger partial charge < -0.3 is 15.3 Å². The number of hydrogen-bond donors (Lipinski definition) is 2. The summed E-state index contributed by atoms with van der Waals surface area (Å²) in [5.74, 6) is -2.76. The first-order valence-electron chi connectivity index (χ1n) is 10.8. The second-order valence-corrected chi connectivity index (χ2v) is 8.79. The van der Waals surface area contributed by atoms with E-state index in [0.29, 0.717) is 6.04 Å². The van der Waals surface area contributed by atoms with Gasteiger partial charge >= 0.3 is 12.1 Å². The predicted molar refractivity (Wildman–Crippen MR) is 124 cm³/mol. The number of alkyl halides is 3. The molecular formula is C24H31ClF3N3O2. The second kappa shape index (κ2) is 12.9. The molecule has 0 atom stereocenters. The zero-order valence-corrected chi connectivity index (χ0v) is 19.7. The Labute approximate surface area is 198 Å². The van der Waals surface area contributed by atoms with Gasteiger partial charge in [0.1, 0.15) is 0 Å². The van der Waals surface area contributed by atoms with Gasteiger partial charge in [-0.25, -0.2) is 4.79 Å². The maximum atomic E-state index is 10.6. The molecule has 1 saturated heterocycles. The van der Waals surface area contributed by atoms with Crippen LogP contribution in [-0.2, 0) is 24.4 Å². The first kappa shape index (κ1) is 27.1. The maximum absolute atomic E-state index is 10.6. The third kappa shape index (κ3) is 10.1. The van der Waals surface area contributed by atoms with Crippen LogP contribution in [0.5, 0.6) is 0 Å². The van der Waals surface area contributed by atoms with Crippen molar-refractivity contribution in [2.75, 3.05) is 27.2 Å². The fraction of sp³-hybridized carbons (Fsp3) is 0.458. The predicted octanol–water partition coefficient (Wildman–Crippen LogP) is 4.79. The molecule has 0 aromatic heterocycles. The molecule has 2 N–H and O–H groups in total. The Kier molecular flexibility index (Phi) is 10.6. The van der Waals surface area contributed by atoms with Crippen LogP contribution < -0.4 is 5.32 Å². The van der Waals surface area contributed by atoms with Crippen LogP contribution in [0.3, 0.4) is 0 Å². The lowest BCUT2D eigenvalue weighted by Crippen LogP contribution is -2.41. The molecule has 2 aromatic carbocycles. The van der Waals surface area contributed by atoms with Crippen molar-refractivity contribution in [3.8, 4) is 0 Å². The van der Waals surface area contributed by atoms with Gasteiger partial charge in [-0.15, -0.1) is 0 Å². The van der Waals surface area contributed by atoms with Crippen LogP contribution >= 0.6 is 11.6 Å².